The molecule has 6 aromatic carbocycles. The summed E-state index contributed by atoms with van der Waals surface area (Å²) in [7, 11) is 0. The van der Waals surface area contributed by atoms with E-state index in [1.54, 1.807) is 0 Å². The van der Waals surface area contributed by atoms with Gasteiger partial charge in [-0.1, -0.05) is 115 Å². The molecule has 1 aliphatic rings. The van der Waals surface area contributed by atoms with Crippen LogP contribution in [0.1, 0.15) is 138 Å². The smallest absolute Gasteiger partial charge is 0.0434 e. The first-order chi connectivity index (χ1) is 29.0. The molecule has 2 heteroatoms. The van der Waals surface area contributed by atoms with E-state index in [0.29, 0.717) is 0 Å². The number of fused-ring (bicyclic) bond motifs is 9. The molecular formula is C57H62S2. The largest absolute Gasteiger partial charge is 0.135 e. The Morgan fingerprint density at radius 2 is 0.746 bits per heavy atom. The molecule has 0 fully saturated rings. The maximum Gasteiger partial charge on any atom is 0.0434 e. The van der Waals surface area contributed by atoms with Crippen molar-refractivity contribution in [1.82, 2.24) is 0 Å². The molecule has 302 valence electrons. The van der Waals surface area contributed by atoms with Crippen molar-refractivity contribution in [2.45, 2.75) is 137 Å². The van der Waals surface area contributed by atoms with E-state index in [1.807, 2.05) is 22.7 Å². The Morgan fingerprint density at radius 3 is 1.15 bits per heavy atom. The second-order valence-electron chi connectivity index (χ2n) is 17.7. The van der Waals surface area contributed by atoms with Gasteiger partial charge in [0.05, 0.1) is 0 Å². The third kappa shape index (κ3) is 8.30. The second-order valence-corrected chi connectivity index (χ2v) is 19.8. The lowest BCUT2D eigenvalue weighted by Gasteiger charge is -2.12. The SMILES string of the molecule is CCCCCc1ccc2sc3c(-c4ccc5c(c4)-c4cc(-c6cc(CCCCC)cc7c6sc6ccc(CCCCC)cc67)ccc4C5)cc(CCCCC)cc3c2c1. The molecule has 2 heterocycles. The van der Waals surface area contributed by atoms with Crippen LogP contribution in [-0.4, -0.2) is 0 Å². The highest BCUT2D eigenvalue weighted by Gasteiger charge is 2.23. The lowest BCUT2D eigenvalue weighted by molar-refractivity contribution is 0.718. The van der Waals surface area contributed by atoms with Gasteiger partial charge in [0.1, 0.15) is 0 Å². The molecule has 0 unspecified atom stereocenters. The molecule has 9 rings (SSSR count). The van der Waals surface area contributed by atoms with E-state index < -0.39 is 0 Å². The van der Waals surface area contributed by atoms with E-state index in [0.717, 1.165) is 19.3 Å². The van der Waals surface area contributed by atoms with Gasteiger partial charge in [-0.05, 0) is 185 Å². The molecular weight excluding hydrogens is 749 g/mol. The number of rotatable bonds is 18. The van der Waals surface area contributed by atoms with E-state index in [9.17, 15) is 0 Å². The summed E-state index contributed by atoms with van der Waals surface area (Å²) in [4.78, 5) is 0. The molecule has 2 aromatic heterocycles. The Morgan fingerprint density at radius 1 is 0.356 bits per heavy atom. The van der Waals surface area contributed by atoms with Crippen molar-refractivity contribution in [2.75, 3.05) is 0 Å². The summed E-state index contributed by atoms with van der Waals surface area (Å²) >= 11 is 3.99. The van der Waals surface area contributed by atoms with Crippen molar-refractivity contribution in [2.24, 2.45) is 0 Å². The highest BCUT2D eigenvalue weighted by Crippen LogP contribution is 2.47. The van der Waals surface area contributed by atoms with Crippen molar-refractivity contribution in [3.8, 4) is 33.4 Å². The predicted molar refractivity (Wildman–Crippen MR) is 264 cm³/mol. The zero-order valence-corrected chi connectivity index (χ0v) is 37.7. The first kappa shape index (κ1) is 40.2. The Bertz CT molecular complexity index is 2560. The Balaban J connectivity index is 1.13. The van der Waals surface area contributed by atoms with Gasteiger partial charge in [-0.25, -0.2) is 0 Å². The predicted octanol–water partition coefficient (Wildman–Crippen LogP) is 18.3. The van der Waals surface area contributed by atoms with Crippen LogP contribution in [0.2, 0.25) is 0 Å². The summed E-state index contributed by atoms with van der Waals surface area (Å²) in [6, 6.07) is 39.6. The molecule has 0 bridgehead atoms. The number of hydrogen-bond donors (Lipinski definition) is 0. The van der Waals surface area contributed by atoms with Crippen LogP contribution in [0.3, 0.4) is 0 Å². The molecule has 0 radical (unpaired) electrons. The van der Waals surface area contributed by atoms with Crippen LogP contribution in [0.4, 0.5) is 0 Å². The fourth-order valence-electron chi connectivity index (χ4n) is 9.82. The van der Waals surface area contributed by atoms with Gasteiger partial charge in [-0.2, -0.15) is 0 Å². The topological polar surface area (TPSA) is 0 Å². The number of benzene rings is 6. The summed E-state index contributed by atoms with van der Waals surface area (Å²) in [5, 5.41) is 5.81. The molecule has 0 amide bonds. The molecule has 0 saturated heterocycles. The minimum Gasteiger partial charge on any atom is -0.135 e. The van der Waals surface area contributed by atoms with Crippen LogP contribution >= 0.6 is 22.7 Å². The van der Waals surface area contributed by atoms with Crippen molar-refractivity contribution < 1.29 is 0 Å². The van der Waals surface area contributed by atoms with Gasteiger partial charge < -0.3 is 0 Å². The fraction of sp³-hybridized carbons (Fsp3) is 0.368. The lowest BCUT2D eigenvalue weighted by Crippen LogP contribution is -1.90. The molecule has 0 saturated carbocycles. The molecule has 0 nitrogen and oxygen atoms in total. The van der Waals surface area contributed by atoms with E-state index in [-0.39, 0.29) is 0 Å². The van der Waals surface area contributed by atoms with Crippen LogP contribution in [0.15, 0.2) is 97.1 Å². The van der Waals surface area contributed by atoms with Gasteiger partial charge in [-0.15, -0.1) is 22.7 Å². The zero-order valence-electron chi connectivity index (χ0n) is 36.1. The van der Waals surface area contributed by atoms with Crippen LogP contribution in [0, 0.1) is 0 Å². The van der Waals surface area contributed by atoms with Gasteiger partial charge in [0.2, 0.25) is 0 Å². The van der Waals surface area contributed by atoms with Gasteiger partial charge in [0.25, 0.3) is 0 Å². The highest BCUT2D eigenvalue weighted by atomic mass is 32.1. The second kappa shape index (κ2) is 18.2. The summed E-state index contributed by atoms with van der Waals surface area (Å²) in [6.07, 6.45) is 20.9. The maximum atomic E-state index is 2.55. The van der Waals surface area contributed by atoms with Crippen LogP contribution in [0.5, 0.6) is 0 Å². The van der Waals surface area contributed by atoms with E-state index in [2.05, 4.69) is 125 Å². The standard InChI is InChI=1S/C57H62S2/c1-5-9-13-17-38-21-27-54-50(29-38)52-33-40(19-15-11-7-3)31-48(56(52)58-54)44-25-23-42-35-43-24-26-45(37-47(43)46(42)36-44)49-32-41(20-16-12-8-4)34-53-51-30-39(18-14-10-6-2)22-28-55(51)59-57(49)53/h21-34,36-37H,5-20,35H2,1-4H3. The minimum absolute atomic E-state index is 1.01. The fourth-order valence-corrected chi connectivity index (χ4v) is 12.2. The normalized spacial score (nSPS) is 12.4. The average molecular weight is 811 g/mol. The first-order valence-corrected chi connectivity index (χ1v) is 24.9. The van der Waals surface area contributed by atoms with Crippen LogP contribution in [-0.2, 0) is 32.1 Å². The molecule has 1 aliphatic carbocycles. The van der Waals surface area contributed by atoms with Crippen molar-refractivity contribution in [1.29, 1.82) is 0 Å². The van der Waals surface area contributed by atoms with Gasteiger partial charge in [-0.3, -0.25) is 0 Å². The van der Waals surface area contributed by atoms with Gasteiger partial charge >= 0.3 is 0 Å². The van der Waals surface area contributed by atoms with Gasteiger partial charge in [0.15, 0.2) is 0 Å². The van der Waals surface area contributed by atoms with Crippen molar-refractivity contribution in [3.63, 3.8) is 0 Å². The monoisotopic (exact) mass is 810 g/mol. The van der Waals surface area contributed by atoms with Crippen LogP contribution < -0.4 is 0 Å². The number of thiophene rings is 2. The van der Waals surface area contributed by atoms with E-state index in [4.69, 9.17) is 0 Å². The molecule has 0 aliphatic heterocycles. The highest BCUT2D eigenvalue weighted by molar-refractivity contribution is 7.26. The zero-order chi connectivity index (χ0) is 40.3. The third-order valence-corrected chi connectivity index (χ3v) is 15.6. The van der Waals surface area contributed by atoms with Crippen LogP contribution in [0.25, 0.3) is 73.7 Å². The quantitative estimate of drug-likeness (QED) is 0.0757. The van der Waals surface area contributed by atoms with Crippen molar-refractivity contribution >= 4 is 63.0 Å². The molecule has 0 atom stereocenters. The molecule has 0 spiro atoms. The number of hydrogen-bond acceptors (Lipinski definition) is 2. The Hall–Kier alpha value is -4.24. The summed E-state index contributed by atoms with van der Waals surface area (Å²) in [5.74, 6) is 0. The summed E-state index contributed by atoms with van der Waals surface area (Å²) < 4.78 is 5.72. The maximum absolute atomic E-state index is 2.55. The lowest BCUT2D eigenvalue weighted by atomic mass is 9.92. The summed E-state index contributed by atoms with van der Waals surface area (Å²) in [5.41, 5.74) is 17.3. The number of aryl methyl sites for hydroxylation is 4. The van der Waals surface area contributed by atoms with E-state index >= 15 is 0 Å². The summed E-state index contributed by atoms with van der Waals surface area (Å²) in [6.45, 7) is 9.23. The Labute approximate surface area is 361 Å². The van der Waals surface area contributed by atoms with Gasteiger partial charge in [0, 0.05) is 40.3 Å². The Kier molecular flexibility index (Phi) is 12.4. The minimum atomic E-state index is 1.01. The number of unbranched alkanes of at least 4 members (excludes halogenated alkanes) is 8. The third-order valence-electron chi connectivity index (χ3n) is 13.2. The van der Waals surface area contributed by atoms with Crippen molar-refractivity contribution in [3.05, 3.63) is 130 Å². The first-order valence-electron chi connectivity index (χ1n) is 23.3. The molecule has 8 aromatic rings. The van der Waals surface area contributed by atoms with E-state index in [1.165, 1.54) is 197 Å². The molecule has 59 heavy (non-hydrogen) atoms. The average Bonchev–Trinajstić information content (AvgIpc) is 3.94. The molecule has 0 N–H and O–H groups in total.